The zero-order chi connectivity index (χ0) is 22.2. The Hall–Kier alpha value is -2.34. The number of piperidine rings is 1. The molecule has 1 aromatic heterocycles. The minimum atomic E-state index is -0.685. The van der Waals surface area contributed by atoms with Crippen molar-refractivity contribution in [1.29, 1.82) is 0 Å². The van der Waals surface area contributed by atoms with Gasteiger partial charge in [-0.05, 0) is 43.2 Å². The summed E-state index contributed by atoms with van der Waals surface area (Å²) in [6.07, 6.45) is 5.18. The molecular formula is C25H36N4O2. The summed E-state index contributed by atoms with van der Waals surface area (Å²) in [5.74, 6) is 0.531. The van der Waals surface area contributed by atoms with Crippen LogP contribution >= 0.6 is 0 Å². The van der Waals surface area contributed by atoms with Gasteiger partial charge in [-0.1, -0.05) is 39.0 Å². The summed E-state index contributed by atoms with van der Waals surface area (Å²) in [4.78, 5) is 30.9. The summed E-state index contributed by atoms with van der Waals surface area (Å²) in [6, 6.07) is 8.12. The summed E-state index contributed by atoms with van der Waals surface area (Å²) >= 11 is 0. The number of nitrogens with zero attached hydrogens (tertiary/aromatic N) is 3. The van der Waals surface area contributed by atoms with E-state index >= 15 is 0 Å². The van der Waals surface area contributed by atoms with E-state index in [-0.39, 0.29) is 17.9 Å². The lowest BCUT2D eigenvalue weighted by Gasteiger charge is -2.51. The standard InChI is InChI=1S/C25H36N4O2/c1-5-12-29-23(30)21(15-18(2)3)26-24(31)25(29)10-13-28(14-11-25)17-19-16-27(4)22-9-7-6-8-20(19)22/h6-9,16,18,21H,5,10-15,17H2,1-4H3,(H,26,31). The van der Waals surface area contributed by atoms with Crippen molar-refractivity contribution in [2.24, 2.45) is 13.0 Å². The zero-order valence-electron chi connectivity index (χ0n) is 19.4. The van der Waals surface area contributed by atoms with E-state index in [1.807, 2.05) is 4.90 Å². The molecule has 6 heteroatoms. The van der Waals surface area contributed by atoms with Gasteiger partial charge in [0.2, 0.25) is 11.8 Å². The van der Waals surface area contributed by atoms with Gasteiger partial charge in [-0.3, -0.25) is 14.5 Å². The quantitative estimate of drug-likeness (QED) is 0.774. The maximum atomic E-state index is 13.3. The Bertz CT molecular complexity index is 956. The van der Waals surface area contributed by atoms with Crippen molar-refractivity contribution in [1.82, 2.24) is 19.7 Å². The fourth-order valence-electron chi connectivity index (χ4n) is 5.43. The van der Waals surface area contributed by atoms with Crippen LogP contribution in [0.5, 0.6) is 0 Å². The second kappa shape index (κ2) is 8.65. The van der Waals surface area contributed by atoms with Gasteiger partial charge < -0.3 is 14.8 Å². The highest BCUT2D eigenvalue weighted by Crippen LogP contribution is 2.35. The van der Waals surface area contributed by atoms with Crippen LogP contribution in [0.2, 0.25) is 0 Å². The Morgan fingerprint density at radius 3 is 2.55 bits per heavy atom. The third-order valence-electron chi connectivity index (χ3n) is 7.02. The molecule has 168 valence electrons. The lowest BCUT2D eigenvalue weighted by Crippen LogP contribution is -2.73. The van der Waals surface area contributed by atoms with E-state index < -0.39 is 5.54 Å². The maximum Gasteiger partial charge on any atom is 0.246 e. The minimum Gasteiger partial charge on any atom is -0.350 e. The van der Waals surface area contributed by atoms with Gasteiger partial charge in [0, 0.05) is 50.3 Å². The Morgan fingerprint density at radius 1 is 1.16 bits per heavy atom. The van der Waals surface area contributed by atoms with Crippen molar-refractivity contribution in [3.8, 4) is 0 Å². The lowest BCUT2D eigenvalue weighted by atomic mass is 9.80. The molecule has 2 aliphatic rings. The molecule has 2 amide bonds. The average Bonchev–Trinajstić information content (AvgIpc) is 3.06. The number of nitrogens with one attached hydrogen (secondary N) is 1. The zero-order valence-corrected chi connectivity index (χ0v) is 19.4. The second-order valence-corrected chi connectivity index (χ2v) is 9.74. The van der Waals surface area contributed by atoms with Gasteiger partial charge >= 0.3 is 0 Å². The van der Waals surface area contributed by atoms with Crippen molar-refractivity contribution in [2.45, 2.75) is 64.6 Å². The first-order valence-electron chi connectivity index (χ1n) is 11.7. The largest absolute Gasteiger partial charge is 0.350 e. The van der Waals surface area contributed by atoms with Gasteiger partial charge in [-0.25, -0.2) is 0 Å². The molecule has 1 unspecified atom stereocenters. The number of aryl methyl sites for hydroxylation is 1. The van der Waals surface area contributed by atoms with Gasteiger partial charge in [-0.15, -0.1) is 0 Å². The highest BCUT2D eigenvalue weighted by Gasteiger charge is 2.53. The maximum absolute atomic E-state index is 13.3. The predicted molar refractivity (Wildman–Crippen MR) is 124 cm³/mol. The monoisotopic (exact) mass is 424 g/mol. The third kappa shape index (κ3) is 3.98. The van der Waals surface area contributed by atoms with Crippen molar-refractivity contribution in [3.63, 3.8) is 0 Å². The summed E-state index contributed by atoms with van der Waals surface area (Å²) in [5.41, 5.74) is 1.88. The first-order chi connectivity index (χ1) is 14.9. The first-order valence-corrected chi connectivity index (χ1v) is 11.7. The van der Waals surface area contributed by atoms with E-state index in [4.69, 9.17) is 0 Å². The van der Waals surface area contributed by atoms with Gasteiger partial charge in [0.25, 0.3) is 0 Å². The molecular weight excluding hydrogens is 388 g/mol. The van der Waals surface area contributed by atoms with Gasteiger partial charge in [0.1, 0.15) is 11.6 Å². The third-order valence-corrected chi connectivity index (χ3v) is 7.02. The Morgan fingerprint density at radius 2 is 1.87 bits per heavy atom. The van der Waals surface area contributed by atoms with Crippen LogP contribution in [0.4, 0.5) is 0 Å². The fraction of sp³-hybridized carbons (Fsp3) is 0.600. The normalized spacial score (nSPS) is 22.0. The van der Waals surface area contributed by atoms with Crippen LogP contribution in [-0.4, -0.2) is 57.4 Å². The highest BCUT2D eigenvalue weighted by atomic mass is 16.2. The highest BCUT2D eigenvalue weighted by molar-refractivity contribution is 6.00. The van der Waals surface area contributed by atoms with Crippen molar-refractivity contribution in [2.75, 3.05) is 19.6 Å². The van der Waals surface area contributed by atoms with Gasteiger partial charge in [0.15, 0.2) is 0 Å². The Balaban J connectivity index is 1.50. The van der Waals surface area contributed by atoms with Crippen molar-refractivity contribution in [3.05, 3.63) is 36.0 Å². The van der Waals surface area contributed by atoms with Crippen LogP contribution in [0, 0.1) is 5.92 Å². The number of piperazine rings is 1. The van der Waals surface area contributed by atoms with Crippen LogP contribution in [0.25, 0.3) is 10.9 Å². The minimum absolute atomic E-state index is 0.0519. The number of carbonyl (C=O) groups is 2. The first kappa shape index (κ1) is 21.9. The number of carbonyl (C=O) groups excluding carboxylic acids is 2. The summed E-state index contributed by atoms with van der Waals surface area (Å²) in [5, 5.41) is 4.38. The molecule has 2 aliphatic heterocycles. The van der Waals surface area contributed by atoms with E-state index in [1.54, 1.807) is 0 Å². The number of hydrogen-bond acceptors (Lipinski definition) is 3. The molecule has 1 spiro atoms. The molecule has 2 aromatic rings. The summed E-state index contributed by atoms with van der Waals surface area (Å²) in [7, 11) is 2.09. The molecule has 6 nitrogen and oxygen atoms in total. The van der Waals surface area contributed by atoms with E-state index in [2.05, 4.69) is 73.1 Å². The molecule has 1 aromatic carbocycles. The molecule has 0 bridgehead atoms. The molecule has 0 saturated carbocycles. The molecule has 1 atom stereocenters. The molecule has 0 aliphatic carbocycles. The molecule has 3 heterocycles. The number of amides is 2. The van der Waals surface area contributed by atoms with Gasteiger partial charge in [-0.2, -0.15) is 0 Å². The van der Waals surface area contributed by atoms with E-state index in [9.17, 15) is 9.59 Å². The van der Waals surface area contributed by atoms with Gasteiger partial charge in [0.05, 0.1) is 0 Å². The summed E-state index contributed by atoms with van der Waals surface area (Å²) < 4.78 is 2.18. The lowest BCUT2D eigenvalue weighted by molar-refractivity contribution is -0.161. The van der Waals surface area contributed by atoms with Crippen LogP contribution < -0.4 is 5.32 Å². The fourth-order valence-corrected chi connectivity index (χ4v) is 5.43. The molecule has 2 saturated heterocycles. The Kier molecular flexibility index (Phi) is 6.11. The van der Waals surface area contributed by atoms with Crippen molar-refractivity contribution < 1.29 is 9.59 Å². The Labute approximate surface area is 185 Å². The smallest absolute Gasteiger partial charge is 0.246 e. The van der Waals surface area contributed by atoms with E-state index in [0.29, 0.717) is 31.7 Å². The molecule has 0 radical (unpaired) electrons. The number of hydrogen-bond donors (Lipinski definition) is 1. The number of aromatic nitrogens is 1. The number of benzene rings is 1. The number of likely N-dealkylation sites (tertiary alicyclic amines) is 1. The molecule has 4 rings (SSSR count). The van der Waals surface area contributed by atoms with E-state index in [1.165, 1.54) is 16.5 Å². The SMILES string of the molecule is CCCN1C(=O)C(CC(C)C)NC(=O)C12CCN(Cc1cn(C)c3ccccc13)CC2. The number of para-hydroxylation sites is 1. The summed E-state index contributed by atoms with van der Waals surface area (Å²) in [6.45, 7) is 9.44. The van der Waals surface area contributed by atoms with Crippen molar-refractivity contribution >= 4 is 22.7 Å². The number of fused-ring (bicyclic) bond motifs is 1. The number of rotatable bonds is 6. The topological polar surface area (TPSA) is 57.6 Å². The molecule has 1 N–H and O–H groups in total. The molecule has 31 heavy (non-hydrogen) atoms. The average molecular weight is 425 g/mol. The van der Waals surface area contributed by atoms with E-state index in [0.717, 1.165) is 26.1 Å². The van der Waals surface area contributed by atoms with Crippen LogP contribution in [0.15, 0.2) is 30.5 Å². The van der Waals surface area contributed by atoms with Crippen LogP contribution in [0.3, 0.4) is 0 Å². The molecule has 2 fully saturated rings. The predicted octanol–water partition coefficient (Wildman–Crippen LogP) is 3.30. The van der Waals surface area contributed by atoms with Crippen LogP contribution in [-0.2, 0) is 23.2 Å². The second-order valence-electron chi connectivity index (χ2n) is 9.74. The van der Waals surface area contributed by atoms with Crippen LogP contribution in [0.1, 0.15) is 52.0 Å².